The third kappa shape index (κ3) is 4.72. The highest BCUT2D eigenvalue weighted by Gasteiger charge is 2.31. The highest BCUT2D eigenvalue weighted by Crippen LogP contribution is 2.23. The average Bonchev–Trinajstić information content (AvgIpc) is 2.69. The highest BCUT2D eigenvalue weighted by molar-refractivity contribution is 7.89. The lowest BCUT2D eigenvalue weighted by atomic mass is 10.1. The van der Waals surface area contributed by atoms with Gasteiger partial charge >= 0.3 is 12.1 Å². The van der Waals surface area contributed by atoms with Gasteiger partial charge in [0.1, 0.15) is 6.10 Å². The van der Waals surface area contributed by atoms with E-state index in [1.54, 1.807) is 18.5 Å². The molecule has 0 saturated carbocycles. The molecule has 1 amide bonds. The van der Waals surface area contributed by atoms with Gasteiger partial charge < -0.3 is 9.47 Å². The molecule has 2 aromatic rings. The van der Waals surface area contributed by atoms with Gasteiger partial charge in [-0.05, 0) is 43.2 Å². The number of benzene rings is 1. The fourth-order valence-electron chi connectivity index (χ4n) is 2.74. The van der Waals surface area contributed by atoms with Crippen LogP contribution >= 0.6 is 0 Å². The molecule has 9 nitrogen and oxygen atoms in total. The SMILES string of the molecule is COC(=O)Nc1ccc(S(=O)(=O)N2CCCC(Oc3ncccn3)C2)cc1. The summed E-state index contributed by atoms with van der Waals surface area (Å²) in [6.45, 7) is 0.642. The van der Waals surface area contributed by atoms with Gasteiger partial charge in [0.05, 0.1) is 18.6 Å². The van der Waals surface area contributed by atoms with Gasteiger partial charge in [0.15, 0.2) is 0 Å². The first kappa shape index (κ1) is 19.1. The second-order valence-corrected chi connectivity index (χ2v) is 7.86. The van der Waals surface area contributed by atoms with E-state index in [1.165, 1.54) is 35.7 Å². The van der Waals surface area contributed by atoms with Crippen LogP contribution in [-0.2, 0) is 14.8 Å². The summed E-state index contributed by atoms with van der Waals surface area (Å²) >= 11 is 0. The zero-order valence-electron chi connectivity index (χ0n) is 14.7. The number of hydrogen-bond donors (Lipinski definition) is 1. The van der Waals surface area contributed by atoms with Crippen LogP contribution in [0.3, 0.4) is 0 Å². The Bertz CT molecular complexity index is 874. The molecule has 10 heteroatoms. The number of rotatable bonds is 5. The Morgan fingerprint density at radius 1 is 1.22 bits per heavy atom. The number of carbonyl (C=O) groups is 1. The van der Waals surface area contributed by atoms with Gasteiger partial charge in [-0.25, -0.2) is 23.2 Å². The van der Waals surface area contributed by atoms with E-state index in [4.69, 9.17) is 4.74 Å². The lowest BCUT2D eigenvalue weighted by Gasteiger charge is -2.31. The number of piperidine rings is 1. The first-order valence-electron chi connectivity index (χ1n) is 8.38. The maximum Gasteiger partial charge on any atom is 0.411 e. The Morgan fingerprint density at radius 2 is 1.93 bits per heavy atom. The molecule has 1 aliphatic rings. The standard InChI is InChI=1S/C17H20N4O5S/c1-25-17(22)20-13-5-7-15(8-6-13)27(23,24)21-11-2-4-14(12-21)26-16-18-9-3-10-19-16/h3,5-10,14H,2,4,11-12H2,1H3,(H,20,22). The quantitative estimate of drug-likeness (QED) is 0.827. The van der Waals surface area contributed by atoms with E-state index in [2.05, 4.69) is 20.0 Å². The van der Waals surface area contributed by atoms with Crippen LogP contribution in [0.5, 0.6) is 6.01 Å². The molecule has 0 aliphatic carbocycles. The molecule has 1 aliphatic heterocycles. The zero-order valence-corrected chi connectivity index (χ0v) is 15.6. The maximum absolute atomic E-state index is 12.9. The molecule has 1 aromatic carbocycles. The van der Waals surface area contributed by atoms with Crippen LogP contribution in [0.15, 0.2) is 47.6 Å². The van der Waals surface area contributed by atoms with Gasteiger partial charge in [0.2, 0.25) is 10.0 Å². The largest absolute Gasteiger partial charge is 0.459 e. The number of ether oxygens (including phenoxy) is 2. The molecule has 1 saturated heterocycles. The fourth-order valence-corrected chi connectivity index (χ4v) is 4.25. The van der Waals surface area contributed by atoms with Crippen molar-refractivity contribution >= 4 is 21.8 Å². The van der Waals surface area contributed by atoms with E-state index in [9.17, 15) is 13.2 Å². The summed E-state index contributed by atoms with van der Waals surface area (Å²) in [6, 6.07) is 7.85. The van der Waals surface area contributed by atoms with E-state index in [0.717, 1.165) is 6.42 Å². The normalized spacial score (nSPS) is 17.9. The number of nitrogens with zero attached hydrogens (tertiary/aromatic N) is 3. The molecule has 2 heterocycles. The maximum atomic E-state index is 12.9. The first-order valence-corrected chi connectivity index (χ1v) is 9.82. The predicted molar refractivity (Wildman–Crippen MR) is 96.9 cm³/mol. The van der Waals surface area contributed by atoms with E-state index < -0.39 is 16.1 Å². The number of nitrogens with one attached hydrogen (secondary N) is 1. The molecule has 0 bridgehead atoms. The van der Waals surface area contributed by atoms with Crippen LogP contribution in [-0.4, -0.2) is 55.1 Å². The Labute approximate surface area is 157 Å². The van der Waals surface area contributed by atoms with E-state index >= 15 is 0 Å². The Kier molecular flexibility index (Phi) is 5.87. The molecule has 144 valence electrons. The van der Waals surface area contributed by atoms with Gasteiger partial charge in [-0.3, -0.25) is 5.32 Å². The number of anilines is 1. The second kappa shape index (κ2) is 8.31. The summed E-state index contributed by atoms with van der Waals surface area (Å²) in [5.41, 5.74) is 0.446. The van der Waals surface area contributed by atoms with Crippen molar-refractivity contribution in [3.05, 3.63) is 42.7 Å². The van der Waals surface area contributed by atoms with Gasteiger partial charge in [-0.15, -0.1) is 0 Å². The van der Waals surface area contributed by atoms with Gasteiger partial charge in [0, 0.05) is 24.6 Å². The molecule has 27 heavy (non-hydrogen) atoms. The third-order valence-electron chi connectivity index (χ3n) is 4.08. The van der Waals surface area contributed by atoms with Crippen molar-refractivity contribution < 1.29 is 22.7 Å². The average molecular weight is 392 g/mol. The minimum atomic E-state index is -3.67. The molecular weight excluding hydrogens is 372 g/mol. The van der Waals surface area contributed by atoms with Crippen molar-refractivity contribution in [3.8, 4) is 6.01 Å². The lowest BCUT2D eigenvalue weighted by molar-refractivity contribution is 0.119. The van der Waals surface area contributed by atoms with E-state index in [-0.39, 0.29) is 23.6 Å². The topological polar surface area (TPSA) is 111 Å². The molecule has 1 unspecified atom stereocenters. The molecule has 1 N–H and O–H groups in total. The van der Waals surface area contributed by atoms with Crippen LogP contribution in [0.25, 0.3) is 0 Å². The number of sulfonamides is 1. The van der Waals surface area contributed by atoms with Gasteiger partial charge in [-0.1, -0.05) is 0 Å². The lowest BCUT2D eigenvalue weighted by Crippen LogP contribution is -2.44. The van der Waals surface area contributed by atoms with Crippen LogP contribution < -0.4 is 10.1 Å². The number of methoxy groups -OCH3 is 1. The van der Waals surface area contributed by atoms with Crippen LogP contribution in [0.1, 0.15) is 12.8 Å². The number of aromatic nitrogens is 2. The smallest absolute Gasteiger partial charge is 0.411 e. The van der Waals surface area contributed by atoms with Crippen molar-refractivity contribution in [1.82, 2.24) is 14.3 Å². The summed E-state index contributed by atoms with van der Waals surface area (Å²) in [6.07, 6.45) is 3.62. The monoisotopic (exact) mass is 392 g/mol. The van der Waals surface area contributed by atoms with Crippen molar-refractivity contribution in [2.45, 2.75) is 23.8 Å². The summed E-state index contributed by atoms with van der Waals surface area (Å²) in [7, 11) is -2.42. The molecule has 1 atom stereocenters. The van der Waals surface area contributed by atoms with Crippen molar-refractivity contribution in [2.75, 3.05) is 25.5 Å². The summed E-state index contributed by atoms with van der Waals surface area (Å²) in [4.78, 5) is 19.4. The van der Waals surface area contributed by atoms with Crippen LogP contribution in [0.2, 0.25) is 0 Å². The highest BCUT2D eigenvalue weighted by atomic mass is 32.2. The van der Waals surface area contributed by atoms with Crippen molar-refractivity contribution in [3.63, 3.8) is 0 Å². The molecular formula is C17H20N4O5S. The Balaban J connectivity index is 1.69. The molecule has 1 fully saturated rings. The summed E-state index contributed by atoms with van der Waals surface area (Å²) < 4.78 is 37.4. The zero-order chi connectivity index (χ0) is 19.3. The van der Waals surface area contributed by atoms with Crippen molar-refractivity contribution in [2.24, 2.45) is 0 Å². The third-order valence-corrected chi connectivity index (χ3v) is 5.96. The molecule has 0 radical (unpaired) electrons. The van der Waals surface area contributed by atoms with E-state index in [1.807, 2.05) is 0 Å². The van der Waals surface area contributed by atoms with Crippen LogP contribution in [0.4, 0.5) is 10.5 Å². The summed E-state index contributed by atoms with van der Waals surface area (Å²) in [5, 5.41) is 2.48. The van der Waals surface area contributed by atoms with E-state index in [0.29, 0.717) is 18.7 Å². The predicted octanol–water partition coefficient (Wildman–Crippen LogP) is 1.89. The minimum Gasteiger partial charge on any atom is -0.459 e. The molecule has 3 rings (SSSR count). The molecule has 0 spiro atoms. The number of hydrogen-bond acceptors (Lipinski definition) is 7. The summed E-state index contributed by atoms with van der Waals surface area (Å²) in [5.74, 6) is 0. The van der Waals surface area contributed by atoms with Gasteiger partial charge in [0.25, 0.3) is 0 Å². The Hall–Kier alpha value is -2.72. The second-order valence-electron chi connectivity index (χ2n) is 5.92. The number of carbonyl (C=O) groups excluding carboxylic acids is 1. The van der Waals surface area contributed by atoms with Gasteiger partial charge in [-0.2, -0.15) is 4.31 Å². The number of amides is 1. The fraction of sp³-hybridized carbons (Fsp3) is 0.353. The molecule has 1 aromatic heterocycles. The Morgan fingerprint density at radius 3 is 2.59 bits per heavy atom. The van der Waals surface area contributed by atoms with Crippen molar-refractivity contribution in [1.29, 1.82) is 0 Å². The minimum absolute atomic E-state index is 0.148. The van der Waals surface area contributed by atoms with Crippen LogP contribution in [0, 0.1) is 0 Å². The first-order chi connectivity index (χ1) is 13.0.